The van der Waals surface area contributed by atoms with Gasteiger partial charge in [0.1, 0.15) is 5.75 Å². The molecule has 5 heteroatoms. The first-order chi connectivity index (χ1) is 7.13. The maximum Gasteiger partial charge on any atom is 0.387 e. The smallest absolute Gasteiger partial charge is 0.387 e. The lowest BCUT2D eigenvalue weighted by molar-refractivity contribution is -0.0504. The Morgan fingerprint density at radius 1 is 1.47 bits per heavy atom. The van der Waals surface area contributed by atoms with Gasteiger partial charge in [-0.25, -0.2) is 0 Å². The van der Waals surface area contributed by atoms with Crippen LogP contribution in [0.25, 0.3) is 0 Å². The third-order valence-electron chi connectivity index (χ3n) is 1.80. The molecule has 2 nitrogen and oxygen atoms in total. The number of nitrogens with one attached hydrogen (secondary N) is 1. The van der Waals surface area contributed by atoms with E-state index in [1.807, 2.05) is 6.92 Å². The second-order valence-corrected chi connectivity index (χ2v) is 3.35. The van der Waals surface area contributed by atoms with Gasteiger partial charge < -0.3 is 10.1 Å². The second-order valence-electron chi connectivity index (χ2n) is 2.91. The summed E-state index contributed by atoms with van der Waals surface area (Å²) in [6.07, 6.45) is 0. The van der Waals surface area contributed by atoms with Gasteiger partial charge in [0.2, 0.25) is 0 Å². The van der Waals surface area contributed by atoms with Crippen LogP contribution in [0.5, 0.6) is 5.75 Å². The van der Waals surface area contributed by atoms with Crippen molar-refractivity contribution in [3.63, 3.8) is 0 Å². The lowest BCUT2D eigenvalue weighted by Crippen LogP contribution is -2.14. The Hall–Kier alpha value is -0.870. The summed E-state index contributed by atoms with van der Waals surface area (Å²) < 4.78 is 28.5. The summed E-state index contributed by atoms with van der Waals surface area (Å²) >= 11 is 5.76. The molecule has 0 fully saturated rings. The fourth-order valence-electron chi connectivity index (χ4n) is 1.16. The molecule has 0 amide bonds. The molecule has 15 heavy (non-hydrogen) atoms. The second kappa shape index (κ2) is 5.88. The number of halogens is 3. The molecule has 0 aliphatic heterocycles. The van der Waals surface area contributed by atoms with E-state index in [1.165, 1.54) is 12.1 Å². The molecule has 0 aliphatic carbocycles. The van der Waals surface area contributed by atoms with Crippen molar-refractivity contribution in [2.75, 3.05) is 6.54 Å². The first-order valence-corrected chi connectivity index (χ1v) is 4.95. The molecule has 0 saturated heterocycles. The van der Waals surface area contributed by atoms with Crippen LogP contribution in [0.15, 0.2) is 18.2 Å². The van der Waals surface area contributed by atoms with Crippen LogP contribution in [0, 0.1) is 0 Å². The molecule has 0 spiro atoms. The minimum Gasteiger partial charge on any atom is -0.434 e. The standard InChI is InChI=1S/C10H12ClF2NO/c1-2-14-6-7-5-8(11)3-4-9(7)15-10(12)13/h3-5,10,14H,2,6H2,1H3. The summed E-state index contributed by atoms with van der Waals surface area (Å²) in [7, 11) is 0. The van der Waals surface area contributed by atoms with Crippen LogP contribution in [0.4, 0.5) is 8.78 Å². The van der Waals surface area contributed by atoms with Gasteiger partial charge in [0.05, 0.1) is 0 Å². The van der Waals surface area contributed by atoms with Gasteiger partial charge in [0.25, 0.3) is 0 Å². The zero-order chi connectivity index (χ0) is 11.3. The van der Waals surface area contributed by atoms with Gasteiger partial charge in [-0.2, -0.15) is 8.78 Å². The molecule has 0 atom stereocenters. The summed E-state index contributed by atoms with van der Waals surface area (Å²) in [4.78, 5) is 0. The molecule has 0 bridgehead atoms. The van der Waals surface area contributed by atoms with E-state index in [2.05, 4.69) is 10.1 Å². The molecule has 1 N–H and O–H groups in total. The van der Waals surface area contributed by atoms with Crippen molar-refractivity contribution in [3.05, 3.63) is 28.8 Å². The van der Waals surface area contributed by atoms with E-state index < -0.39 is 6.61 Å². The molecule has 0 aliphatic rings. The van der Waals surface area contributed by atoms with Crippen LogP contribution in [-0.4, -0.2) is 13.2 Å². The van der Waals surface area contributed by atoms with Crippen molar-refractivity contribution in [1.29, 1.82) is 0 Å². The molecule has 0 saturated carbocycles. The van der Waals surface area contributed by atoms with Crippen LogP contribution in [0.2, 0.25) is 5.02 Å². The molecular formula is C10H12ClF2NO. The molecule has 0 unspecified atom stereocenters. The number of benzene rings is 1. The van der Waals surface area contributed by atoms with Gasteiger partial charge in [0, 0.05) is 17.1 Å². The lowest BCUT2D eigenvalue weighted by Gasteiger charge is -2.11. The highest BCUT2D eigenvalue weighted by Crippen LogP contribution is 2.24. The van der Waals surface area contributed by atoms with E-state index in [4.69, 9.17) is 11.6 Å². The molecule has 0 aromatic heterocycles. The minimum atomic E-state index is -2.81. The lowest BCUT2D eigenvalue weighted by atomic mass is 10.2. The van der Waals surface area contributed by atoms with Gasteiger partial charge >= 0.3 is 6.61 Å². The topological polar surface area (TPSA) is 21.3 Å². The molecule has 84 valence electrons. The fourth-order valence-corrected chi connectivity index (χ4v) is 1.35. The van der Waals surface area contributed by atoms with Crippen molar-refractivity contribution in [2.45, 2.75) is 20.1 Å². The van der Waals surface area contributed by atoms with Crippen LogP contribution < -0.4 is 10.1 Å². The van der Waals surface area contributed by atoms with Crippen LogP contribution in [0.3, 0.4) is 0 Å². The SMILES string of the molecule is CCNCc1cc(Cl)ccc1OC(F)F. The largest absolute Gasteiger partial charge is 0.434 e. The van der Waals surface area contributed by atoms with Gasteiger partial charge in [-0.3, -0.25) is 0 Å². The molecule has 1 aromatic carbocycles. The van der Waals surface area contributed by atoms with E-state index in [9.17, 15) is 8.78 Å². The summed E-state index contributed by atoms with van der Waals surface area (Å²) in [6, 6.07) is 4.58. The zero-order valence-corrected chi connectivity index (χ0v) is 9.02. The molecule has 0 heterocycles. The van der Waals surface area contributed by atoms with Gasteiger partial charge in [-0.1, -0.05) is 18.5 Å². The summed E-state index contributed by atoms with van der Waals surface area (Å²) in [5, 5.41) is 3.53. The third kappa shape index (κ3) is 4.01. The molecule has 0 radical (unpaired) electrons. The number of ether oxygens (including phenoxy) is 1. The predicted octanol–water partition coefficient (Wildman–Crippen LogP) is 3.05. The predicted molar refractivity (Wildman–Crippen MR) is 55.5 cm³/mol. The van der Waals surface area contributed by atoms with Gasteiger partial charge in [-0.15, -0.1) is 0 Å². The Morgan fingerprint density at radius 2 is 2.20 bits per heavy atom. The molecule has 1 rings (SSSR count). The summed E-state index contributed by atoms with van der Waals surface area (Å²) in [6.45, 7) is 0.323. The number of alkyl halides is 2. The van der Waals surface area contributed by atoms with Crippen molar-refractivity contribution in [3.8, 4) is 5.75 Å². The van der Waals surface area contributed by atoms with Gasteiger partial charge in [-0.05, 0) is 24.7 Å². The zero-order valence-electron chi connectivity index (χ0n) is 8.27. The van der Waals surface area contributed by atoms with Crippen molar-refractivity contribution in [1.82, 2.24) is 5.32 Å². The fraction of sp³-hybridized carbons (Fsp3) is 0.400. The van der Waals surface area contributed by atoms with Crippen molar-refractivity contribution >= 4 is 11.6 Å². The van der Waals surface area contributed by atoms with E-state index in [1.54, 1.807) is 6.07 Å². The number of rotatable bonds is 5. The highest BCUT2D eigenvalue weighted by Gasteiger charge is 2.09. The van der Waals surface area contributed by atoms with E-state index in [0.717, 1.165) is 6.54 Å². The van der Waals surface area contributed by atoms with Crippen LogP contribution in [-0.2, 0) is 6.54 Å². The maximum atomic E-state index is 12.0. The first kappa shape index (κ1) is 12.2. The Bertz CT molecular complexity index is 320. The summed E-state index contributed by atoms with van der Waals surface area (Å²) in [5.74, 6) is 0.162. The highest BCUT2D eigenvalue weighted by atomic mass is 35.5. The highest BCUT2D eigenvalue weighted by molar-refractivity contribution is 6.30. The van der Waals surface area contributed by atoms with E-state index in [-0.39, 0.29) is 5.75 Å². The Balaban J connectivity index is 2.82. The normalized spacial score (nSPS) is 10.7. The number of hydrogen-bond donors (Lipinski definition) is 1. The summed E-state index contributed by atoms with van der Waals surface area (Å²) in [5.41, 5.74) is 0.629. The minimum absolute atomic E-state index is 0.162. The van der Waals surface area contributed by atoms with Crippen LogP contribution >= 0.6 is 11.6 Å². The van der Waals surface area contributed by atoms with Crippen molar-refractivity contribution < 1.29 is 13.5 Å². The quantitative estimate of drug-likeness (QED) is 0.847. The van der Waals surface area contributed by atoms with E-state index in [0.29, 0.717) is 17.1 Å². The average Bonchev–Trinajstić information content (AvgIpc) is 2.18. The Morgan fingerprint density at radius 3 is 2.80 bits per heavy atom. The monoisotopic (exact) mass is 235 g/mol. The maximum absolute atomic E-state index is 12.0. The van der Waals surface area contributed by atoms with Crippen molar-refractivity contribution in [2.24, 2.45) is 0 Å². The Kier molecular flexibility index (Phi) is 4.78. The molecule has 1 aromatic rings. The molecular weight excluding hydrogens is 224 g/mol. The van der Waals surface area contributed by atoms with Gasteiger partial charge in [0.15, 0.2) is 0 Å². The average molecular weight is 236 g/mol. The third-order valence-corrected chi connectivity index (χ3v) is 2.04. The number of hydrogen-bond acceptors (Lipinski definition) is 2. The van der Waals surface area contributed by atoms with Crippen LogP contribution in [0.1, 0.15) is 12.5 Å². The first-order valence-electron chi connectivity index (χ1n) is 4.57. The Labute approximate surface area is 92.2 Å². The van der Waals surface area contributed by atoms with E-state index >= 15 is 0 Å².